The molecule has 206 valence electrons. The minimum atomic E-state index is -0.399. The van der Waals surface area contributed by atoms with E-state index in [9.17, 15) is 9.18 Å². The Morgan fingerprint density at radius 3 is 2.69 bits per heavy atom. The van der Waals surface area contributed by atoms with Crippen LogP contribution in [0.25, 0.3) is 11.0 Å². The zero-order valence-corrected chi connectivity index (χ0v) is 21.9. The van der Waals surface area contributed by atoms with Gasteiger partial charge in [-0.1, -0.05) is 0 Å². The molecule has 10 nitrogen and oxygen atoms in total. The van der Waals surface area contributed by atoms with Gasteiger partial charge in [-0.3, -0.25) is 14.8 Å². The van der Waals surface area contributed by atoms with Crippen molar-refractivity contribution in [2.24, 2.45) is 0 Å². The van der Waals surface area contributed by atoms with Gasteiger partial charge in [0.15, 0.2) is 18.1 Å². The zero-order chi connectivity index (χ0) is 26.9. The Balaban J connectivity index is 1.09. The summed E-state index contributed by atoms with van der Waals surface area (Å²) in [5.74, 6) is 1.02. The van der Waals surface area contributed by atoms with Gasteiger partial charge in [-0.05, 0) is 44.6 Å². The summed E-state index contributed by atoms with van der Waals surface area (Å²) in [6.07, 6.45) is 7.87. The van der Waals surface area contributed by atoms with Crippen LogP contribution in [0.1, 0.15) is 43.4 Å². The number of hydrogen-bond donors (Lipinski definition) is 2. The van der Waals surface area contributed by atoms with E-state index in [-0.39, 0.29) is 29.5 Å². The molecule has 2 bridgehead atoms. The van der Waals surface area contributed by atoms with E-state index < -0.39 is 5.82 Å². The fraction of sp³-hybridized carbons (Fsp3) is 0.500. The van der Waals surface area contributed by atoms with E-state index in [1.54, 1.807) is 18.3 Å². The van der Waals surface area contributed by atoms with Crippen LogP contribution in [0.3, 0.4) is 0 Å². The molecule has 1 saturated carbocycles. The summed E-state index contributed by atoms with van der Waals surface area (Å²) in [5, 5.41) is 6.19. The fourth-order valence-corrected chi connectivity index (χ4v) is 5.64. The number of halogens is 1. The maximum Gasteiger partial charge on any atom is 0.257 e. The molecule has 7 rings (SSSR count). The zero-order valence-electron chi connectivity index (χ0n) is 21.9. The Kier molecular flexibility index (Phi) is 6.94. The Labute approximate surface area is 225 Å². The number of likely N-dealkylation sites (N-methyl/N-ethyl adjacent to an activating group) is 1. The molecule has 1 amide bonds. The van der Waals surface area contributed by atoms with Crippen molar-refractivity contribution >= 4 is 16.9 Å². The van der Waals surface area contributed by atoms with Gasteiger partial charge in [0.1, 0.15) is 19.0 Å². The lowest BCUT2D eigenvalue weighted by atomic mass is 9.69. The lowest BCUT2D eigenvalue weighted by Crippen LogP contribution is -2.61. The van der Waals surface area contributed by atoms with Crippen molar-refractivity contribution in [3.05, 3.63) is 47.7 Å². The highest BCUT2D eigenvalue weighted by Gasteiger charge is 2.49. The van der Waals surface area contributed by atoms with Crippen LogP contribution in [-0.4, -0.2) is 65.5 Å². The molecule has 0 spiro atoms. The van der Waals surface area contributed by atoms with Gasteiger partial charge in [-0.15, -0.1) is 0 Å². The van der Waals surface area contributed by atoms with Crippen LogP contribution >= 0.6 is 0 Å². The molecule has 4 aliphatic rings. The Hall–Kier alpha value is -3.57. The number of amides is 1. The highest BCUT2D eigenvalue weighted by Crippen LogP contribution is 2.46. The number of carbonyl (C=O) groups is 1. The van der Waals surface area contributed by atoms with Crippen LogP contribution in [0.15, 0.2) is 30.6 Å². The SMILES string of the molecule is CNC(=O)COc1ccc2ncc(F)c(CCC34CCC(NCc5cc6c(cn5)OCCO6)(CC3)CO4)c2n1. The van der Waals surface area contributed by atoms with Crippen molar-refractivity contribution in [3.63, 3.8) is 0 Å². The van der Waals surface area contributed by atoms with E-state index >= 15 is 0 Å². The molecule has 6 heterocycles. The van der Waals surface area contributed by atoms with Crippen LogP contribution in [0.4, 0.5) is 4.39 Å². The lowest BCUT2D eigenvalue weighted by molar-refractivity contribution is -0.165. The standard InChI is InChI=1S/C28H32FN5O5/c1-30-24(35)16-38-25-3-2-21-26(34-25)19(20(29)14-32-21)4-5-28-8-6-27(7-9-28,17-39-28)33-13-18-12-22-23(15-31-18)37-11-10-36-22/h2-3,12,14-15,33H,4-11,13,16-17H2,1H3,(H,30,35). The van der Waals surface area contributed by atoms with Crippen molar-refractivity contribution in [2.75, 3.05) is 33.5 Å². The van der Waals surface area contributed by atoms with E-state index in [4.69, 9.17) is 18.9 Å². The average Bonchev–Trinajstić information content (AvgIpc) is 2.99. The molecule has 2 saturated heterocycles. The predicted molar refractivity (Wildman–Crippen MR) is 139 cm³/mol. The van der Waals surface area contributed by atoms with Crippen LogP contribution in [0, 0.1) is 5.82 Å². The fourth-order valence-electron chi connectivity index (χ4n) is 5.64. The number of fused-ring (bicyclic) bond motifs is 5. The molecule has 1 aliphatic carbocycles. The number of carbonyl (C=O) groups excluding carboxylic acids is 1. The third-order valence-electron chi connectivity index (χ3n) is 8.10. The molecule has 0 radical (unpaired) electrons. The van der Waals surface area contributed by atoms with Gasteiger partial charge in [0.2, 0.25) is 5.88 Å². The van der Waals surface area contributed by atoms with Gasteiger partial charge < -0.3 is 29.6 Å². The third kappa shape index (κ3) is 5.33. The number of nitrogens with zero attached hydrogens (tertiary/aromatic N) is 3. The summed E-state index contributed by atoms with van der Waals surface area (Å²) >= 11 is 0. The van der Waals surface area contributed by atoms with Gasteiger partial charge in [-0.25, -0.2) is 9.37 Å². The molecule has 0 atom stereocenters. The van der Waals surface area contributed by atoms with Crippen molar-refractivity contribution < 1.29 is 28.1 Å². The van der Waals surface area contributed by atoms with Crippen LogP contribution in [0.5, 0.6) is 17.4 Å². The third-order valence-corrected chi connectivity index (χ3v) is 8.10. The lowest BCUT2D eigenvalue weighted by Gasteiger charge is -2.53. The summed E-state index contributed by atoms with van der Waals surface area (Å²) in [6.45, 7) is 2.16. The minimum Gasteiger partial charge on any atom is -0.486 e. The average molecular weight is 538 g/mol. The second-order valence-electron chi connectivity index (χ2n) is 10.5. The molecule has 3 aromatic heterocycles. The second-order valence-corrected chi connectivity index (χ2v) is 10.5. The number of hydrogen-bond acceptors (Lipinski definition) is 9. The number of nitrogens with one attached hydrogen (secondary N) is 2. The van der Waals surface area contributed by atoms with Crippen LogP contribution < -0.4 is 24.8 Å². The van der Waals surface area contributed by atoms with Gasteiger partial charge in [0, 0.05) is 36.8 Å². The molecule has 3 aromatic rings. The normalized spacial score (nSPS) is 23.5. The van der Waals surface area contributed by atoms with E-state index in [1.165, 1.54) is 13.2 Å². The maximum atomic E-state index is 15.0. The van der Waals surface area contributed by atoms with Gasteiger partial charge in [-0.2, -0.15) is 0 Å². The van der Waals surface area contributed by atoms with Crippen molar-refractivity contribution in [2.45, 2.75) is 56.2 Å². The first-order valence-corrected chi connectivity index (χ1v) is 13.4. The molecular weight excluding hydrogens is 505 g/mol. The van der Waals surface area contributed by atoms with Gasteiger partial charge in [0.05, 0.1) is 41.3 Å². The molecule has 3 aliphatic heterocycles. The molecule has 0 unspecified atom stereocenters. The van der Waals surface area contributed by atoms with E-state index in [1.807, 2.05) is 6.07 Å². The Morgan fingerprint density at radius 2 is 1.92 bits per heavy atom. The van der Waals surface area contributed by atoms with Gasteiger partial charge >= 0.3 is 0 Å². The summed E-state index contributed by atoms with van der Waals surface area (Å²) < 4.78 is 38.2. The topological polar surface area (TPSA) is 117 Å². The van der Waals surface area contributed by atoms with Crippen molar-refractivity contribution in [3.8, 4) is 17.4 Å². The predicted octanol–water partition coefficient (Wildman–Crippen LogP) is 2.86. The summed E-state index contributed by atoms with van der Waals surface area (Å²) in [7, 11) is 1.53. The molecule has 0 aromatic carbocycles. The smallest absolute Gasteiger partial charge is 0.257 e. The quantitative estimate of drug-likeness (QED) is 0.425. The van der Waals surface area contributed by atoms with Crippen molar-refractivity contribution in [1.29, 1.82) is 0 Å². The minimum absolute atomic E-state index is 0.0934. The molecule has 11 heteroatoms. The van der Waals surface area contributed by atoms with Crippen LogP contribution in [0.2, 0.25) is 0 Å². The highest BCUT2D eigenvalue weighted by molar-refractivity contribution is 5.79. The number of aryl methyl sites for hydroxylation is 1. The number of ether oxygens (including phenoxy) is 4. The monoisotopic (exact) mass is 537 g/mol. The van der Waals surface area contributed by atoms with E-state index in [0.717, 1.165) is 37.1 Å². The first kappa shape index (κ1) is 25.7. The first-order chi connectivity index (χ1) is 19.0. The molecule has 3 fully saturated rings. The van der Waals surface area contributed by atoms with E-state index in [0.29, 0.717) is 61.6 Å². The maximum absolute atomic E-state index is 15.0. The van der Waals surface area contributed by atoms with Gasteiger partial charge in [0.25, 0.3) is 5.91 Å². The molecule has 2 N–H and O–H groups in total. The number of pyridine rings is 3. The molecular formula is C28H32FN5O5. The largest absolute Gasteiger partial charge is 0.486 e. The number of aromatic nitrogens is 3. The van der Waals surface area contributed by atoms with Crippen LogP contribution in [-0.2, 0) is 22.5 Å². The summed E-state index contributed by atoms with van der Waals surface area (Å²) in [5.41, 5.74) is 2.06. The van der Waals surface area contributed by atoms with E-state index in [2.05, 4.69) is 25.6 Å². The summed E-state index contributed by atoms with van der Waals surface area (Å²) in [4.78, 5) is 24.7. The Morgan fingerprint density at radius 1 is 1.10 bits per heavy atom. The second kappa shape index (κ2) is 10.5. The first-order valence-electron chi connectivity index (χ1n) is 13.4. The van der Waals surface area contributed by atoms with Crippen molar-refractivity contribution in [1.82, 2.24) is 25.6 Å². The molecule has 39 heavy (non-hydrogen) atoms. The Bertz CT molecular complexity index is 1360. The highest BCUT2D eigenvalue weighted by atomic mass is 19.1. The number of rotatable bonds is 9. The summed E-state index contributed by atoms with van der Waals surface area (Å²) in [6, 6.07) is 5.31.